The third-order valence-corrected chi connectivity index (χ3v) is 9.28. The molecular formula is C32H31F3N4O4S. The van der Waals surface area contributed by atoms with E-state index in [-0.39, 0.29) is 36.7 Å². The summed E-state index contributed by atoms with van der Waals surface area (Å²) >= 11 is 0. The number of carbonyl (C=O) groups is 1. The van der Waals surface area contributed by atoms with Crippen molar-refractivity contribution in [1.82, 2.24) is 19.2 Å². The number of H-pyrrole nitrogens is 1. The fourth-order valence-electron chi connectivity index (χ4n) is 5.06. The van der Waals surface area contributed by atoms with Gasteiger partial charge in [-0.15, -0.1) is 0 Å². The molecule has 0 spiro atoms. The van der Waals surface area contributed by atoms with E-state index in [1.54, 1.807) is 24.3 Å². The Morgan fingerprint density at radius 1 is 0.955 bits per heavy atom. The van der Waals surface area contributed by atoms with E-state index in [1.807, 2.05) is 30.5 Å². The van der Waals surface area contributed by atoms with Crippen molar-refractivity contribution in [3.05, 3.63) is 108 Å². The van der Waals surface area contributed by atoms with Gasteiger partial charge < -0.3 is 14.6 Å². The first kappa shape index (κ1) is 31.2. The van der Waals surface area contributed by atoms with E-state index >= 15 is 0 Å². The SMILES string of the molecule is COCCN(CC(=O)N(CCc1c[nH]c2ccccc12)Cc1ccc(C(F)(F)F)cc1)S(=O)(=O)c1cccc2cccnc12. The maximum atomic E-state index is 13.9. The van der Waals surface area contributed by atoms with Crippen LogP contribution in [0.2, 0.25) is 0 Å². The zero-order valence-electron chi connectivity index (χ0n) is 23.9. The van der Waals surface area contributed by atoms with E-state index in [1.165, 1.54) is 36.4 Å². The van der Waals surface area contributed by atoms with Gasteiger partial charge in [-0.1, -0.05) is 48.5 Å². The molecule has 0 saturated heterocycles. The average molecular weight is 625 g/mol. The Labute approximate surface area is 253 Å². The highest BCUT2D eigenvalue weighted by atomic mass is 32.2. The topological polar surface area (TPSA) is 95.6 Å². The lowest BCUT2D eigenvalue weighted by molar-refractivity contribution is -0.137. The minimum Gasteiger partial charge on any atom is -0.383 e. The van der Waals surface area contributed by atoms with Crippen molar-refractivity contribution in [1.29, 1.82) is 0 Å². The molecule has 5 aromatic rings. The molecule has 0 aliphatic heterocycles. The van der Waals surface area contributed by atoms with Gasteiger partial charge in [0.05, 0.1) is 24.2 Å². The van der Waals surface area contributed by atoms with Crippen LogP contribution in [0.15, 0.2) is 96.2 Å². The van der Waals surface area contributed by atoms with E-state index in [9.17, 15) is 26.4 Å². The number of rotatable bonds is 12. The molecule has 5 rings (SSSR count). The average Bonchev–Trinajstić information content (AvgIpc) is 3.43. The van der Waals surface area contributed by atoms with E-state index < -0.39 is 34.2 Å². The number of hydrogen-bond acceptors (Lipinski definition) is 5. The third kappa shape index (κ3) is 6.93. The second-order valence-electron chi connectivity index (χ2n) is 10.3. The number of aromatic nitrogens is 2. The van der Waals surface area contributed by atoms with Gasteiger partial charge in [-0.2, -0.15) is 17.5 Å². The summed E-state index contributed by atoms with van der Waals surface area (Å²) in [7, 11) is -2.76. The number of nitrogens with one attached hydrogen (secondary N) is 1. The molecule has 1 amide bonds. The molecule has 12 heteroatoms. The number of para-hydroxylation sites is 2. The molecule has 2 heterocycles. The van der Waals surface area contributed by atoms with Crippen LogP contribution in [0, 0.1) is 0 Å². The second kappa shape index (κ2) is 13.2. The second-order valence-corrected chi connectivity index (χ2v) is 12.2. The predicted molar refractivity (Wildman–Crippen MR) is 161 cm³/mol. The number of benzene rings is 3. The minimum atomic E-state index is -4.49. The van der Waals surface area contributed by atoms with Crippen LogP contribution in [-0.2, 0) is 38.7 Å². The number of hydrogen-bond donors (Lipinski definition) is 1. The van der Waals surface area contributed by atoms with E-state index in [4.69, 9.17) is 4.74 Å². The summed E-state index contributed by atoms with van der Waals surface area (Å²) in [5, 5.41) is 1.62. The van der Waals surface area contributed by atoms with Crippen molar-refractivity contribution in [2.75, 3.05) is 33.4 Å². The smallest absolute Gasteiger partial charge is 0.383 e. The van der Waals surface area contributed by atoms with Crippen molar-refractivity contribution in [2.45, 2.75) is 24.0 Å². The number of alkyl halides is 3. The van der Waals surface area contributed by atoms with Gasteiger partial charge in [0.25, 0.3) is 0 Å². The molecule has 1 N–H and O–H groups in total. The lowest BCUT2D eigenvalue weighted by atomic mass is 10.1. The molecule has 0 aliphatic rings. The van der Waals surface area contributed by atoms with E-state index in [0.717, 1.165) is 32.9 Å². The molecule has 0 aliphatic carbocycles. The molecule has 8 nitrogen and oxygen atoms in total. The number of methoxy groups -OCH3 is 1. The van der Waals surface area contributed by atoms with Crippen LogP contribution in [0.1, 0.15) is 16.7 Å². The van der Waals surface area contributed by atoms with E-state index in [2.05, 4.69) is 9.97 Å². The number of carbonyl (C=O) groups excluding carboxylic acids is 1. The number of fused-ring (bicyclic) bond motifs is 2. The van der Waals surface area contributed by atoms with Crippen LogP contribution in [-0.4, -0.2) is 66.8 Å². The maximum Gasteiger partial charge on any atom is 0.416 e. The molecule has 0 atom stereocenters. The van der Waals surface area contributed by atoms with Crippen LogP contribution in [0.25, 0.3) is 21.8 Å². The lowest BCUT2D eigenvalue weighted by Crippen LogP contribution is -2.44. The number of amides is 1. The van der Waals surface area contributed by atoms with Gasteiger partial charge in [-0.25, -0.2) is 8.42 Å². The Bertz CT molecular complexity index is 1850. The van der Waals surface area contributed by atoms with Crippen LogP contribution in [0.4, 0.5) is 13.2 Å². The van der Waals surface area contributed by atoms with E-state index in [0.29, 0.717) is 17.4 Å². The van der Waals surface area contributed by atoms with Crippen LogP contribution in [0.5, 0.6) is 0 Å². The quantitative estimate of drug-likeness (QED) is 0.194. The molecule has 2 aromatic heterocycles. The minimum absolute atomic E-state index is 0.00663. The molecule has 230 valence electrons. The molecule has 0 saturated carbocycles. The summed E-state index contributed by atoms with van der Waals surface area (Å²) in [5.41, 5.74) is 1.86. The monoisotopic (exact) mass is 624 g/mol. The van der Waals surface area contributed by atoms with Crippen LogP contribution >= 0.6 is 0 Å². The summed E-state index contributed by atoms with van der Waals surface area (Å²) in [5.74, 6) is -0.502. The molecule has 0 unspecified atom stereocenters. The van der Waals surface area contributed by atoms with Gasteiger partial charge in [0.1, 0.15) is 4.90 Å². The molecular weight excluding hydrogens is 593 g/mol. The Hall–Kier alpha value is -4.26. The Balaban J connectivity index is 1.44. The molecule has 44 heavy (non-hydrogen) atoms. The van der Waals surface area contributed by atoms with Gasteiger partial charge in [0, 0.05) is 55.4 Å². The summed E-state index contributed by atoms with van der Waals surface area (Å²) in [6.07, 6.45) is -0.693. The zero-order chi connectivity index (χ0) is 31.3. The molecule has 0 fully saturated rings. The predicted octanol–water partition coefficient (Wildman–Crippen LogP) is 5.64. The standard InChI is InChI=1S/C32H31F3N4O4S/c1-43-19-18-39(44(41,42)29-10-4-6-24-7-5-16-36-31(24)29)22-30(40)38(21-23-11-13-26(14-12-23)32(33,34)35)17-15-25-20-37-28-9-3-2-8-27(25)28/h2-14,16,20,37H,15,17-19,21-22H2,1H3. The zero-order valence-corrected chi connectivity index (χ0v) is 24.7. The van der Waals surface area contributed by atoms with Gasteiger partial charge in [-0.05, 0) is 47.9 Å². The fourth-order valence-corrected chi connectivity index (χ4v) is 6.60. The van der Waals surface area contributed by atoms with Crippen molar-refractivity contribution >= 4 is 37.7 Å². The summed E-state index contributed by atoms with van der Waals surface area (Å²) in [4.78, 5) is 22.8. The van der Waals surface area contributed by atoms with Crippen molar-refractivity contribution in [3.63, 3.8) is 0 Å². The van der Waals surface area contributed by atoms with Crippen molar-refractivity contribution < 1.29 is 31.1 Å². The third-order valence-electron chi connectivity index (χ3n) is 7.40. The van der Waals surface area contributed by atoms with Crippen LogP contribution < -0.4 is 0 Å². The number of pyridine rings is 1. The molecule has 0 bridgehead atoms. The first-order chi connectivity index (χ1) is 21.1. The van der Waals surface area contributed by atoms with Gasteiger partial charge in [0.2, 0.25) is 15.9 Å². The number of nitrogens with zero attached hydrogens (tertiary/aromatic N) is 3. The van der Waals surface area contributed by atoms with Gasteiger partial charge in [-0.3, -0.25) is 9.78 Å². The Kier molecular flexibility index (Phi) is 9.33. The maximum absolute atomic E-state index is 13.9. The highest BCUT2D eigenvalue weighted by Gasteiger charge is 2.32. The molecule has 0 radical (unpaired) electrons. The summed E-state index contributed by atoms with van der Waals surface area (Å²) in [6, 6.07) is 20.6. The van der Waals surface area contributed by atoms with Gasteiger partial charge in [0.15, 0.2) is 0 Å². The highest BCUT2D eigenvalue weighted by Crippen LogP contribution is 2.29. The Morgan fingerprint density at radius 3 is 2.45 bits per heavy atom. The normalized spacial score (nSPS) is 12.3. The lowest BCUT2D eigenvalue weighted by Gasteiger charge is -2.28. The number of ether oxygens (including phenoxy) is 1. The number of halogens is 3. The summed E-state index contributed by atoms with van der Waals surface area (Å²) in [6.45, 7) is -0.351. The van der Waals surface area contributed by atoms with Crippen molar-refractivity contribution in [3.8, 4) is 0 Å². The number of sulfonamides is 1. The molecule has 3 aromatic carbocycles. The van der Waals surface area contributed by atoms with Crippen molar-refractivity contribution in [2.24, 2.45) is 0 Å². The summed E-state index contributed by atoms with van der Waals surface area (Å²) < 4.78 is 73.6. The first-order valence-electron chi connectivity index (χ1n) is 13.9. The highest BCUT2D eigenvalue weighted by molar-refractivity contribution is 7.89. The van der Waals surface area contributed by atoms with Crippen LogP contribution in [0.3, 0.4) is 0 Å². The van der Waals surface area contributed by atoms with Gasteiger partial charge >= 0.3 is 6.18 Å². The fraction of sp³-hybridized carbons (Fsp3) is 0.250. The largest absolute Gasteiger partial charge is 0.416 e. The Morgan fingerprint density at radius 2 is 1.70 bits per heavy atom. The first-order valence-corrected chi connectivity index (χ1v) is 15.3. The number of aromatic amines is 1.